The van der Waals surface area contributed by atoms with Crippen LogP contribution in [0.5, 0.6) is 0 Å². The smallest absolute Gasteiger partial charge is 0.159 e. The Morgan fingerprint density at radius 3 is 2.72 bits per heavy atom. The number of anilines is 2. The lowest BCUT2D eigenvalue weighted by atomic mass is 10.3. The van der Waals surface area contributed by atoms with E-state index in [9.17, 15) is 0 Å². The molecule has 100 valence electrons. The van der Waals surface area contributed by atoms with Crippen molar-refractivity contribution in [2.45, 2.75) is 25.8 Å². The molecule has 1 aliphatic heterocycles. The Hall–Kier alpha value is -0.920. The zero-order valence-electron chi connectivity index (χ0n) is 10.5. The Labute approximate surface area is 115 Å². The third-order valence-electron chi connectivity index (χ3n) is 3.26. The fraction of sp³-hybridized carbons (Fsp3) is 0.636. The highest BCUT2D eigenvalue weighted by molar-refractivity contribution is 9.10. The summed E-state index contributed by atoms with van der Waals surface area (Å²) in [6.45, 7) is 5.49. The molecule has 1 fully saturated rings. The van der Waals surface area contributed by atoms with Gasteiger partial charge in [0.05, 0.1) is 0 Å². The molecule has 1 atom stereocenters. The lowest BCUT2D eigenvalue weighted by Crippen LogP contribution is -2.35. The molecular weight excluding hydrogens is 296 g/mol. The van der Waals surface area contributed by atoms with E-state index >= 15 is 0 Å². The van der Waals surface area contributed by atoms with Crippen LogP contribution in [-0.4, -0.2) is 40.5 Å². The molecular formula is C11H19BrN6. The molecule has 1 aliphatic rings. The van der Waals surface area contributed by atoms with Gasteiger partial charge in [0.25, 0.3) is 0 Å². The summed E-state index contributed by atoms with van der Waals surface area (Å²) in [5.74, 6) is 6.72. The third-order valence-corrected chi connectivity index (χ3v) is 4.01. The van der Waals surface area contributed by atoms with Gasteiger partial charge in [-0.25, -0.2) is 15.8 Å². The van der Waals surface area contributed by atoms with Crippen LogP contribution in [0, 0.1) is 0 Å². The molecule has 2 heterocycles. The molecule has 1 aromatic heterocycles. The summed E-state index contributed by atoms with van der Waals surface area (Å²) in [4.78, 5) is 10.7. The Balaban J connectivity index is 1.93. The lowest BCUT2D eigenvalue weighted by Gasteiger charge is -2.24. The minimum absolute atomic E-state index is 0.503. The van der Waals surface area contributed by atoms with Gasteiger partial charge in [-0.3, -0.25) is 4.90 Å². The molecule has 0 aromatic carbocycles. The normalized spacial score (nSPS) is 17.7. The molecule has 1 unspecified atom stereocenters. The van der Waals surface area contributed by atoms with Gasteiger partial charge in [-0.15, -0.1) is 0 Å². The Bertz CT molecular complexity index is 393. The molecule has 1 saturated heterocycles. The average Bonchev–Trinajstić information content (AvgIpc) is 2.91. The second-order valence-electron chi connectivity index (χ2n) is 4.50. The molecule has 7 heteroatoms. The molecule has 0 aliphatic carbocycles. The summed E-state index contributed by atoms with van der Waals surface area (Å²) in [5, 5.41) is 3.33. The van der Waals surface area contributed by atoms with Crippen LogP contribution in [0.15, 0.2) is 10.8 Å². The number of likely N-dealkylation sites (tertiary alicyclic amines) is 1. The number of hydrazine groups is 1. The van der Waals surface area contributed by atoms with E-state index in [4.69, 9.17) is 5.84 Å². The number of nitrogens with one attached hydrogen (secondary N) is 2. The molecule has 2 rings (SSSR count). The van der Waals surface area contributed by atoms with E-state index in [1.54, 1.807) is 0 Å². The van der Waals surface area contributed by atoms with Gasteiger partial charge in [0.1, 0.15) is 16.6 Å². The van der Waals surface area contributed by atoms with Crippen molar-refractivity contribution in [2.24, 2.45) is 5.84 Å². The number of nitrogens with two attached hydrogens (primary N) is 1. The second kappa shape index (κ2) is 6.31. The van der Waals surface area contributed by atoms with E-state index in [0.717, 1.165) is 16.8 Å². The van der Waals surface area contributed by atoms with Gasteiger partial charge in [0.2, 0.25) is 0 Å². The van der Waals surface area contributed by atoms with Crippen molar-refractivity contribution in [2.75, 3.05) is 30.4 Å². The fourth-order valence-electron chi connectivity index (χ4n) is 2.15. The van der Waals surface area contributed by atoms with Gasteiger partial charge >= 0.3 is 0 Å². The maximum atomic E-state index is 5.37. The topological polar surface area (TPSA) is 79.1 Å². The molecule has 0 radical (unpaired) electrons. The SMILES string of the molecule is CC(CNc1ncnc(NN)c1Br)N1CCCC1. The molecule has 18 heavy (non-hydrogen) atoms. The van der Waals surface area contributed by atoms with E-state index in [0.29, 0.717) is 11.9 Å². The van der Waals surface area contributed by atoms with Crippen molar-refractivity contribution in [3.05, 3.63) is 10.8 Å². The number of aromatic nitrogens is 2. The summed E-state index contributed by atoms with van der Waals surface area (Å²) < 4.78 is 0.765. The number of halogens is 1. The van der Waals surface area contributed by atoms with E-state index in [2.05, 4.69) is 48.5 Å². The molecule has 1 aromatic rings. The van der Waals surface area contributed by atoms with Crippen LogP contribution in [0.2, 0.25) is 0 Å². The number of nitrogens with zero attached hydrogens (tertiary/aromatic N) is 3. The summed E-state index contributed by atoms with van der Waals surface area (Å²) in [7, 11) is 0. The number of rotatable bonds is 5. The van der Waals surface area contributed by atoms with Crippen LogP contribution in [0.3, 0.4) is 0 Å². The second-order valence-corrected chi connectivity index (χ2v) is 5.30. The first-order valence-electron chi connectivity index (χ1n) is 6.17. The Morgan fingerprint density at radius 1 is 1.39 bits per heavy atom. The zero-order chi connectivity index (χ0) is 13.0. The molecule has 0 spiro atoms. The van der Waals surface area contributed by atoms with Gasteiger partial charge in [0, 0.05) is 12.6 Å². The van der Waals surface area contributed by atoms with E-state index < -0.39 is 0 Å². The summed E-state index contributed by atoms with van der Waals surface area (Å²) in [6, 6.07) is 0.503. The van der Waals surface area contributed by atoms with Gasteiger partial charge in [0.15, 0.2) is 5.82 Å². The van der Waals surface area contributed by atoms with Gasteiger partial charge < -0.3 is 10.7 Å². The van der Waals surface area contributed by atoms with Crippen molar-refractivity contribution in [1.29, 1.82) is 0 Å². The van der Waals surface area contributed by atoms with E-state index in [1.165, 1.54) is 32.3 Å². The van der Waals surface area contributed by atoms with Crippen LogP contribution in [-0.2, 0) is 0 Å². The largest absolute Gasteiger partial charge is 0.367 e. The van der Waals surface area contributed by atoms with Crippen molar-refractivity contribution in [3.63, 3.8) is 0 Å². The third kappa shape index (κ3) is 3.09. The zero-order valence-corrected chi connectivity index (χ0v) is 12.1. The fourth-order valence-corrected chi connectivity index (χ4v) is 2.61. The van der Waals surface area contributed by atoms with E-state index in [-0.39, 0.29) is 0 Å². The van der Waals surface area contributed by atoms with Gasteiger partial charge in [-0.05, 0) is 48.8 Å². The first-order chi connectivity index (χ1) is 8.72. The molecule has 0 amide bonds. The number of nitrogen functional groups attached to an aromatic ring is 1. The van der Waals surface area contributed by atoms with Crippen molar-refractivity contribution in [1.82, 2.24) is 14.9 Å². The summed E-state index contributed by atoms with van der Waals surface area (Å²) in [5.41, 5.74) is 2.53. The van der Waals surface area contributed by atoms with Crippen LogP contribution < -0.4 is 16.6 Å². The number of hydrogen-bond donors (Lipinski definition) is 3. The van der Waals surface area contributed by atoms with Crippen LogP contribution in [0.4, 0.5) is 11.6 Å². The summed E-state index contributed by atoms with van der Waals surface area (Å²) in [6.07, 6.45) is 4.11. The first-order valence-corrected chi connectivity index (χ1v) is 6.96. The van der Waals surface area contributed by atoms with E-state index in [1.807, 2.05) is 0 Å². The van der Waals surface area contributed by atoms with Crippen LogP contribution >= 0.6 is 15.9 Å². The molecule has 0 bridgehead atoms. The Kier molecular flexibility index (Phi) is 4.73. The molecule has 4 N–H and O–H groups in total. The lowest BCUT2D eigenvalue weighted by molar-refractivity contribution is 0.269. The molecule has 6 nitrogen and oxygen atoms in total. The quantitative estimate of drug-likeness (QED) is 0.563. The average molecular weight is 315 g/mol. The van der Waals surface area contributed by atoms with Crippen molar-refractivity contribution in [3.8, 4) is 0 Å². The highest BCUT2D eigenvalue weighted by Gasteiger charge is 2.18. The predicted molar refractivity (Wildman–Crippen MR) is 76.3 cm³/mol. The monoisotopic (exact) mass is 314 g/mol. The van der Waals surface area contributed by atoms with Crippen LogP contribution in [0.1, 0.15) is 19.8 Å². The number of hydrogen-bond acceptors (Lipinski definition) is 6. The van der Waals surface area contributed by atoms with Gasteiger partial charge in [-0.1, -0.05) is 0 Å². The highest BCUT2D eigenvalue weighted by atomic mass is 79.9. The predicted octanol–water partition coefficient (Wildman–Crippen LogP) is 1.42. The highest BCUT2D eigenvalue weighted by Crippen LogP contribution is 2.25. The van der Waals surface area contributed by atoms with Crippen molar-refractivity contribution < 1.29 is 0 Å². The Morgan fingerprint density at radius 2 is 2.06 bits per heavy atom. The minimum Gasteiger partial charge on any atom is -0.367 e. The molecule has 0 saturated carbocycles. The summed E-state index contributed by atoms with van der Waals surface area (Å²) >= 11 is 3.43. The maximum Gasteiger partial charge on any atom is 0.159 e. The minimum atomic E-state index is 0.503. The van der Waals surface area contributed by atoms with Crippen molar-refractivity contribution >= 4 is 27.6 Å². The standard InChI is InChI=1S/C11H19BrN6/c1-8(18-4-2-3-5-18)6-14-10-9(12)11(17-13)16-7-15-10/h7-8H,2-6,13H2,1H3,(H2,14,15,16,17). The van der Waals surface area contributed by atoms with Crippen LogP contribution in [0.25, 0.3) is 0 Å². The first kappa shape index (κ1) is 13.5. The van der Waals surface area contributed by atoms with Gasteiger partial charge in [-0.2, -0.15) is 0 Å². The maximum absolute atomic E-state index is 5.37.